The number of halogens is 2. The predicted molar refractivity (Wildman–Crippen MR) is 121 cm³/mol. The fraction of sp³-hybridized carbons (Fsp3) is 0.136. The van der Waals surface area contributed by atoms with Gasteiger partial charge in [-0.25, -0.2) is 0 Å². The van der Waals surface area contributed by atoms with Crippen molar-refractivity contribution in [2.24, 2.45) is 5.73 Å². The van der Waals surface area contributed by atoms with Gasteiger partial charge in [0.2, 0.25) is 0 Å². The number of pyridine rings is 1. The lowest BCUT2D eigenvalue weighted by atomic mass is 10.0. The van der Waals surface area contributed by atoms with Crippen LogP contribution in [0, 0.1) is 0 Å². The minimum Gasteiger partial charge on any atom is -0.396 e. The van der Waals surface area contributed by atoms with E-state index in [1.54, 1.807) is 17.5 Å². The molecule has 0 aliphatic heterocycles. The van der Waals surface area contributed by atoms with Gasteiger partial charge in [-0.2, -0.15) is 0 Å². The van der Waals surface area contributed by atoms with Crippen LogP contribution < -0.4 is 5.73 Å². The molecule has 0 bridgehead atoms. The number of rotatable bonds is 5. The Bertz CT molecular complexity index is 1100. The Labute approximate surface area is 179 Å². The topological polar surface area (TPSA) is 59.1 Å². The van der Waals surface area contributed by atoms with E-state index in [9.17, 15) is 5.11 Å². The SMILES string of the molecule is Cl.N[C@@H](c1cc2cccc(-c3cc(CCO)ccn3)c2s1)c1ccccc1Cl. The highest BCUT2D eigenvalue weighted by Gasteiger charge is 2.17. The highest BCUT2D eigenvalue weighted by molar-refractivity contribution is 7.19. The molecule has 0 amide bonds. The lowest BCUT2D eigenvalue weighted by molar-refractivity contribution is 0.299. The van der Waals surface area contributed by atoms with E-state index in [4.69, 9.17) is 17.3 Å². The van der Waals surface area contributed by atoms with Crippen molar-refractivity contribution in [2.75, 3.05) is 6.61 Å². The molecule has 28 heavy (non-hydrogen) atoms. The van der Waals surface area contributed by atoms with Crippen LogP contribution in [0.5, 0.6) is 0 Å². The molecule has 0 aliphatic rings. The Hall–Kier alpha value is -1.95. The number of nitrogens with two attached hydrogens (primary N) is 1. The predicted octanol–water partition coefficient (Wildman–Crippen LogP) is 5.62. The normalized spacial score (nSPS) is 12.0. The third kappa shape index (κ3) is 4.07. The van der Waals surface area contributed by atoms with E-state index >= 15 is 0 Å². The molecule has 0 saturated carbocycles. The summed E-state index contributed by atoms with van der Waals surface area (Å²) < 4.78 is 1.16. The molecule has 3 nitrogen and oxygen atoms in total. The van der Waals surface area contributed by atoms with Crippen LogP contribution in [0.1, 0.15) is 22.0 Å². The zero-order chi connectivity index (χ0) is 18.8. The van der Waals surface area contributed by atoms with Crippen LogP contribution >= 0.6 is 35.3 Å². The van der Waals surface area contributed by atoms with E-state index in [-0.39, 0.29) is 25.1 Å². The van der Waals surface area contributed by atoms with Crippen molar-refractivity contribution in [1.82, 2.24) is 4.98 Å². The van der Waals surface area contributed by atoms with E-state index in [0.717, 1.165) is 37.3 Å². The third-order valence-corrected chi connectivity index (χ3v) is 6.22. The Morgan fingerprint density at radius 1 is 1.07 bits per heavy atom. The highest BCUT2D eigenvalue weighted by Crippen LogP contribution is 2.38. The van der Waals surface area contributed by atoms with Crippen LogP contribution in [0.4, 0.5) is 0 Å². The van der Waals surface area contributed by atoms with Gasteiger partial charge in [0.25, 0.3) is 0 Å². The monoisotopic (exact) mass is 430 g/mol. The molecule has 144 valence electrons. The molecule has 4 aromatic rings. The standard InChI is InChI=1S/C22H19ClN2OS.ClH/c23-18-7-2-1-5-16(18)21(24)20-13-15-4-3-6-17(22(15)27-20)19-12-14(9-11-26)8-10-25-19;/h1-8,10,12-13,21,26H,9,11,24H2;1H/t21-;/m1./s1. The maximum absolute atomic E-state index is 9.20. The maximum atomic E-state index is 9.20. The fourth-order valence-electron chi connectivity index (χ4n) is 3.22. The second-order valence-corrected chi connectivity index (χ2v) is 7.89. The maximum Gasteiger partial charge on any atom is 0.0719 e. The zero-order valence-electron chi connectivity index (χ0n) is 15.0. The minimum atomic E-state index is -0.266. The van der Waals surface area contributed by atoms with Crippen LogP contribution in [0.25, 0.3) is 21.3 Å². The number of benzene rings is 2. The number of hydrogen-bond acceptors (Lipinski definition) is 4. The summed E-state index contributed by atoms with van der Waals surface area (Å²) in [5, 5.41) is 11.0. The van der Waals surface area contributed by atoms with Gasteiger partial charge in [0.15, 0.2) is 0 Å². The van der Waals surface area contributed by atoms with Crippen molar-refractivity contribution in [3.63, 3.8) is 0 Å². The molecule has 2 aromatic heterocycles. The van der Waals surface area contributed by atoms with E-state index in [1.165, 1.54) is 0 Å². The van der Waals surface area contributed by atoms with Crippen molar-refractivity contribution in [3.05, 3.63) is 87.9 Å². The number of nitrogens with zero attached hydrogens (tertiary/aromatic N) is 1. The first-order valence-corrected chi connectivity index (χ1v) is 9.95. The summed E-state index contributed by atoms with van der Waals surface area (Å²) in [5.74, 6) is 0. The largest absolute Gasteiger partial charge is 0.396 e. The van der Waals surface area contributed by atoms with Crippen LogP contribution in [0.15, 0.2) is 66.9 Å². The lowest BCUT2D eigenvalue weighted by Gasteiger charge is -2.11. The van der Waals surface area contributed by atoms with Crippen LogP contribution in [-0.2, 0) is 6.42 Å². The summed E-state index contributed by atoms with van der Waals surface area (Å²) in [6.07, 6.45) is 2.42. The van der Waals surface area contributed by atoms with Crippen LogP contribution in [-0.4, -0.2) is 16.7 Å². The van der Waals surface area contributed by atoms with Gasteiger partial charge in [-0.3, -0.25) is 4.98 Å². The van der Waals surface area contributed by atoms with Gasteiger partial charge >= 0.3 is 0 Å². The molecule has 6 heteroatoms. The first-order valence-electron chi connectivity index (χ1n) is 8.76. The Morgan fingerprint density at radius 2 is 1.89 bits per heavy atom. The molecule has 0 fully saturated rings. The van der Waals surface area contributed by atoms with Gasteiger partial charge in [0, 0.05) is 33.0 Å². The van der Waals surface area contributed by atoms with Gasteiger partial charge < -0.3 is 10.8 Å². The molecule has 3 N–H and O–H groups in total. The second-order valence-electron chi connectivity index (χ2n) is 6.39. The molecule has 0 unspecified atom stereocenters. The molecule has 0 aliphatic carbocycles. The number of aromatic nitrogens is 1. The summed E-state index contributed by atoms with van der Waals surface area (Å²) >= 11 is 8.01. The van der Waals surface area contributed by atoms with Crippen LogP contribution in [0.2, 0.25) is 5.02 Å². The summed E-state index contributed by atoms with van der Waals surface area (Å²) in [4.78, 5) is 5.61. The average molecular weight is 431 g/mol. The summed E-state index contributed by atoms with van der Waals surface area (Å²) in [5.41, 5.74) is 10.5. The number of hydrogen-bond donors (Lipinski definition) is 2. The lowest BCUT2D eigenvalue weighted by Crippen LogP contribution is -2.10. The van der Waals surface area contributed by atoms with Gasteiger partial charge in [-0.15, -0.1) is 23.7 Å². The van der Waals surface area contributed by atoms with Crippen molar-refractivity contribution >= 4 is 45.4 Å². The Balaban J connectivity index is 0.00000225. The molecule has 2 heterocycles. The molecule has 0 radical (unpaired) electrons. The number of aliphatic hydroxyl groups is 1. The number of fused-ring (bicyclic) bond motifs is 1. The smallest absolute Gasteiger partial charge is 0.0719 e. The van der Waals surface area contributed by atoms with E-state index in [1.807, 2.05) is 42.5 Å². The zero-order valence-corrected chi connectivity index (χ0v) is 17.4. The molecule has 0 spiro atoms. The van der Waals surface area contributed by atoms with Gasteiger partial charge in [-0.1, -0.05) is 48.0 Å². The third-order valence-electron chi connectivity index (χ3n) is 4.61. The van der Waals surface area contributed by atoms with E-state index in [0.29, 0.717) is 11.4 Å². The first kappa shape index (κ1) is 20.8. The van der Waals surface area contributed by atoms with Crippen molar-refractivity contribution in [3.8, 4) is 11.3 Å². The molecule has 4 rings (SSSR count). The van der Waals surface area contributed by atoms with Crippen molar-refractivity contribution < 1.29 is 5.11 Å². The Morgan fingerprint density at radius 3 is 2.68 bits per heavy atom. The quantitative estimate of drug-likeness (QED) is 0.431. The number of aliphatic hydroxyl groups excluding tert-OH is 1. The molecular formula is C22H20Cl2N2OS. The molecule has 2 aromatic carbocycles. The Kier molecular flexibility index (Phi) is 6.70. The van der Waals surface area contributed by atoms with E-state index in [2.05, 4.69) is 23.2 Å². The number of thiophene rings is 1. The van der Waals surface area contributed by atoms with Crippen LogP contribution in [0.3, 0.4) is 0 Å². The van der Waals surface area contributed by atoms with Gasteiger partial charge in [-0.05, 0) is 47.2 Å². The van der Waals surface area contributed by atoms with Gasteiger partial charge in [0.05, 0.1) is 11.7 Å². The van der Waals surface area contributed by atoms with Crippen molar-refractivity contribution in [2.45, 2.75) is 12.5 Å². The summed E-state index contributed by atoms with van der Waals surface area (Å²) in [6.45, 7) is 0.128. The molecule has 1 atom stereocenters. The van der Waals surface area contributed by atoms with Crippen molar-refractivity contribution in [1.29, 1.82) is 0 Å². The van der Waals surface area contributed by atoms with Gasteiger partial charge in [0.1, 0.15) is 0 Å². The highest BCUT2D eigenvalue weighted by atomic mass is 35.5. The second kappa shape index (κ2) is 9.03. The molecular weight excluding hydrogens is 411 g/mol. The summed E-state index contributed by atoms with van der Waals surface area (Å²) in [7, 11) is 0. The van der Waals surface area contributed by atoms with E-state index < -0.39 is 0 Å². The molecule has 0 saturated heterocycles. The minimum absolute atomic E-state index is 0. The fourth-order valence-corrected chi connectivity index (χ4v) is 4.68. The first-order chi connectivity index (χ1) is 13.2. The summed E-state index contributed by atoms with van der Waals surface area (Å²) in [6, 6.07) is 19.8. The average Bonchev–Trinajstić information content (AvgIpc) is 3.13.